The Bertz CT molecular complexity index is 797. The van der Waals surface area contributed by atoms with E-state index in [4.69, 9.17) is 4.74 Å². The number of hydrogen-bond acceptors (Lipinski definition) is 5. The van der Waals surface area contributed by atoms with Crippen molar-refractivity contribution < 1.29 is 9.53 Å². The molecule has 0 bridgehead atoms. The van der Waals surface area contributed by atoms with Crippen LogP contribution in [0.1, 0.15) is 28.9 Å². The van der Waals surface area contributed by atoms with Crippen molar-refractivity contribution in [3.63, 3.8) is 0 Å². The van der Waals surface area contributed by atoms with Crippen LogP contribution in [0.15, 0.2) is 41.9 Å². The van der Waals surface area contributed by atoms with Crippen LogP contribution in [0.25, 0.3) is 0 Å². The Morgan fingerprint density at radius 2 is 2.24 bits per heavy atom. The lowest BCUT2D eigenvalue weighted by Gasteiger charge is -2.34. The van der Waals surface area contributed by atoms with Crippen molar-refractivity contribution in [1.82, 2.24) is 30.3 Å². The third-order valence-electron chi connectivity index (χ3n) is 4.38. The maximum absolute atomic E-state index is 12.1. The molecule has 0 radical (unpaired) electrons. The average molecular weight is 513 g/mol. The van der Waals surface area contributed by atoms with Crippen LogP contribution in [0.3, 0.4) is 0 Å². The van der Waals surface area contributed by atoms with Gasteiger partial charge in [0.15, 0.2) is 5.96 Å². The van der Waals surface area contributed by atoms with Crippen molar-refractivity contribution in [3.05, 3.63) is 48.0 Å². The number of ether oxygens (including phenoxy) is 1. The molecule has 1 aliphatic rings. The van der Waals surface area contributed by atoms with Gasteiger partial charge in [0.2, 0.25) is 0 Å². The standard InChI is InChI=1S/C19H27N7O2.HI/c1-3-21-19(23-8-7-22-18(27)15-5-4-6-20-11-15)26-9-10-28-17(14-26)16-12-24-25(2)13-16;/h4-6,11-13,17H,3,7-10,14H2,1-2H3,(H,21,23)(H,22,27);1H. The number of aromatic nitrogens is 3. The molecule has 1 amide bonds. The highest BCUT2D eigenvalue weighted by molar-refractivity contribution is 14.0. The molecular weight excluding hydrogens is 485 g/mol. The number of nitrogens with zero attached hydrogens (tertiary/aromatic N) is 5. The second-order valence-electron chi connectivity index (χ2n) is 6.49. The highest BCUT2D eigenvalue weighted by atomic mass is 127. The first-order valence-corrected chi connectivity index (χ1v) is 9.49. The van der Waals surface area contributed by atoms with E-state index in [1.165, 1.54) is 0 Å². The Balaban J connectivity index is 0.00000300. The number of rotatable bonds is 6. The van der Waals surface area contributed by atoms with Gasteiger partial charge in [-0.1, -0.05) is 0 Å². The number of amides is 1. The van der Waals surface area contributed by atoms with Crippen LogP contribution in [-0.2, 0) is 11.8 Å². The van der Waals surface area contributed by atoms with E-state index in [0.717, 1.165) is 24.6 Å². The van der Waals surface area contributed by atoms with E-state index in [1.54, 1.807) is 29.2 Å². The molecule has 1 atom stereocenters. The largest absolute Gasteiger partial charge is 0.370 e. The summed E-state index contributed by atoms with van der Waals surface area (Å²) in [6.07, 6.45) is 6.98. The molecule has 2 N–H and O–H groups in total. The number of nitrogens with one attached hydrogen (secondary N) is 2. The molecular formula is C19H28IN7O2. The maximum Gasteiger partial charge on any atom is 0.252 e. The second-order valence-corrected chi connectivity index (χ2v) is 6.49. The predicted molar refractivity (Wildman–Crippen MR) is 121 cm³/mol. The molecule has 2 aromatic heterocycles. The number of hydrogen-bond donors (Lipinski definition) is 2. The molecule has 3 rings (SSSR count). The second kappa shape index (κ2) is 11.7. The number of guanidine groups is 1. The molecule has 0 saturated carbocycles. The number of carbonyl (C=O) groups is 1. The molecule has 0 aromatic carbocycles. The number of aryl methyl sites for hydroxylation is 1. The summed E-state index contributed by atoms with van der Waals surface area (Å²) in [6.45, 7) is 5.86. The number of aliphatic imine (C=N–C) groups is 1. The zero-order chi connectivity index (χ0) is 19.8. The molecule has 1 unspecified atom stereocenters. The molecule has 0 aliphatic carbocycles. The lowest BCUT2D eigenvalue weighted by molar-refractivity contribution is -0.00803. The van der Waals surface area contributed by atoms with E-state index in [2.05, 4.69) is 30.6 Å². The Labute approximate surface area is 187 Å². The molecule has 158 valence electrons. The lowest BCUT2D eigenvalue weighted by atomic mass is 10.1. The van der Waals surface area contributed by atoms with Gasteiger partial charge in [0.1, 0.15) is 6.10 Å². The lowest BCUT2D eigenvalue weighted by Crippen LogP contribution is -2.48. The van der Waals surface area contributed by atoms with Crippen molar-refractivity contribution in [2.24, 2.45) is 12.0 Å². The number of carbonyl (C=O) groups excluding carboxylic acids is 1. The van der Waals surface area contributed by atoms with E-state index in [0.29, 0.717) is 31.8 Å². The van der Waals surface area contributed by atoms with Gasteiger partial charge in [-0.15, -0.1) is 24.0 Å². The van der Waals surface area contributed by atoms with Gasteiger partial charge in [0.25, 0.3) is 5.91 Å². The number of halogens is 1. The summed E-state index contributed by atoms with van der Waals surface area (Å²) in [4.78, 5) is 22.9. The average Bonchev–Trinajstić information content (AvgIpc) is 3.17. The van der Waals surface area contributed by atoms with Crippen molar-refractivity contribution in [2.45, 2.75) is 13.0 Å². The molecule has 10 heteroatoms. The van der Waals surface area contributed by atoms with Gasteiger partial charge in [-0.25, -0.2) is 0 Å². The van der Waals surface area contributed by atoms with Crippen LogP contribution in [0.5, 0.6) is 0 Å². The minimum absolute atomic E-state index is 0. The Morgan fingerprint density at radius 3 is 2.93 bits per heavy atom. The van der Waals surface area contributed by atoms with Crippen molar-refractivity contribution in [1.29, 1.82) is 0 Å². The first-order chi connectivity index (χ1) is 13.7. The van der Waals surface area contributed by atoms with E-state index < -0.39 is 0 Å². The summed E-state index contributed by atoms with van der Waals surface area (Å²) in [7, 11) is 1.90. The highest BCUT2D eigenvalue weighted by Crippen LogP contribution is 2.21. The molecule has 1 aliphatic heterocycles. The Kier molecular flexibility index (Phi) is 9.32. The van der Waals surface area contributed by atoms with E-state index in [-0.39, 0.29) is 36.0 Å². The molecule has 1 fully saturated rings. The molecule has 1 saturated heterocycles. The summed E-state index contributed by atoms with van der Waals surface area (Å²) >= 11 is 0. The predicted octanol–water partition coefficient (Wildman–Crippen LogP) is 1.20. The molecule has 3 heterocycles. The first kappa shape index (κ1) is 23.1. The van der Waals surface area contributed by atoms with Crippen LogP contribution in [0, 0.1) is 0 Å². The highest BCUT2D eigenvalue weighted by Gasteiger charge is 2.25. The first-order valence-electron chi connectivity index (χ1n) is 9.49. The third kappa shape index (κ3) is 6.67. The smallest absolute Gasteiger partial charge is 0.252 e. The summed E-state index contributed by atoms with van der Waals surface area (Å²) in [5, 5.41) is 10.4. The molecule has 2 aromatic rings. The van der Waals surface area contributed by atoms with Crippen LogP contribution in [0.2, 0.25) is 0 Å². The number of pyridine rings is 1. The summed E-state index contributed by atoms with van der Waals surface area (Å²) in [5.74, 6) is 0.687. The Hall–Kier alpha value is -2.21. The van der Waals surface area contributed by atoms with Crippen molar-refractivity contribution in [3.8, 4) is 0 Å². The number of morpholine rings is 1. The Morgan fingerprint density at radius 1 is 1.38 bits per heavy atom. The SMILES string of the molecule is CCNC(=NCCNC(=O)c1cccnc1)N1CCOC(c2cnn(C)c2)C1.I. The topological polar surface area (TPSA) is 96.7 Å². The fourth-order valence-electron chi connectivity index (χ4n) is 3.01. The summed E-state index contributed by atoms with van der Waals surface area (Å²) < 4.78 is 7.68. The van der Waals surface area contributed by atoms with Gasteiger partial charge in [-0.3, -0.25) is 19.5 Å². The van der Waals surface area contributed by atoms with Gasteiger partial charge in [-0.05, 0) is 19.1 Å². The van der Waals surface area contributed by atoms with Gasteiger partial charge >= 0.3 is 0 Å². The van der Waals surface area contributed by atoms with Crippen LogP contribution >= 0.6 is 24.0 Å². The molecule has 0 spiro atoms. The molecule has 9 nitrogen and oxygen atoms in total. The minimum atomic E-state index is -0.142. The van der Waals surface area contributed by atoms with Gasteiger partial charge < -0.3 is 20.3 Å². The van der Waals surface area contributed by atoms with Crippen LogP contribution < -0.4 is 10.6 Å². The van der Waals surface area contributed by atoms with E-state index in [9.17, 15) is 4.79 Å². The summed E-state index contributed by atoms with van der Waals surface area (Å²) in [6, 6.07) is 3.48. The van der Waals surface area contributed by atoms with E-state index >= 15 is 0 Å². The fourth-order valence-corrected chi connectivity index (χ4v) is 3.01. The minimum Gasteiger partial charge on any atom is -0.370 e. The van der Waals surface area contributed by atoms with E-state index in [1.807, 2.05) is 26.4 Å². The normalized spacial score (nSPS) is 16.8. The van der Waals surface area contributed by atoms with Crippen molar-refractivity contribution >= 4 is 35.8 Å². The fraction of sp³-hybridized carbons (Fsp3) is 0.474. The van der Waals surface area contributed by atoms with Crippen LogP contribution in [-0.4, -0.2) is 70.9 Å². The van der Waals surface area contributed by atoms with Crippen molar-refractivity contribution in [2.75, 3.05) is 39.3 Å². The molecule has 29 heavy (non-hydrogen) atoms. The van der Waals surface area contributed by atoms with Gasteiger partial charge in [0.05, 0.1) is 31.5 Å². The van der Waals surface area contributed by atoms with Gasteiger partial charge in [-0.2, -0.15) is 5.10 Å². The third-order valence-corrected chi connectivity index (χ3v) is 4.38. The summed E-state index contributed by atoms with van der Waals surface area (Å²) in [5.41, 5.74) is 1.61. The maximum atomic E-state index is 12.1. The van der Waals surface area contributed by atoms with Crippen LogP contribution in [0.4, 0.5) is 0 Å². The van der Waals surface area contributed by atoms with Gasteiger partial charge in [0, 0.05) is 50.8 Å². The zero-order valence-electron chi connectivity index (χ0n) is 16.7. The monoisotopic (exact) mass is 513 g/mol. The zero-order valence-corrected chi connectivity index (χ0v) is 19.1. The quantitative estimate of drug-likeness (QED) is 0.261.